The number of aromatic nitrogens is 3. The Morgan fingerprint density at radius 1 is 1.28 bits per heavy atom. The van der Waals surface area contributed by atoms with Crippen molar-refractivity contribution in [2.24, 2.45) is 11.7 Å². The van der Waals surface area contributed by atoms with Crippen molar-refractivity contribution in [2.45, 2.75) is 38.0 Å². The van der Waals surface area contributed by atoms with Crippen molar-refractivity contribution < 1.29 is 21.6 Å². The van der Waals surface area contributed by atoms with Crippen LogP contribution in [0.3, 0.4) is 0 Å². The third kappa shape index (κ3) is 4.28. The summed E-state index contributed by atoms with van der Waals surface area (Å²) in [6.07, 6.45) is -1.44. The zero-order valence-corrected chi connectivity index (χ0v) is 14.0. The molecular weight excluding hydrogens is 359 g/mol. The van der Waals surface area contributed by atoms with Gasteiger partial charge in [0.05, 0.1) is 17.9 Å². The molecule has 0 amide bonds. The van der Waals surface area contributed by atoms with Crippen LogP contribution in [-0.4, -0.2) is 34.8 Å². The van der Waals surface area contributed by atoms with Crippen molar-refractivity contribution >= 4 is 15.7 Å². The van der Waals surface area contributed by atoms with Gasteiger partial charge in [-0.1, -0.05) is 0 Å². The van der Waals surface area contributed by atoms with E-state index in [0.29, 0.717) is 6.42 Å². The summed E-state index contributed by atoms with van der Waals surface area (Å²) >= 11 is 0. The van der Waals surface area contributed by atoms with E-state index in [0.717, 1.165) is 29.5 Å². The van der Waals surface area contributed by atoms with Crippen LogP contribution in [0.5, 0.6) is 0 Å². The number of hydrogen-bond acceptors (Lipinski definition) is 5. The molecule has 3 N–H and O–H groups in total. The number of halogens is 3. The Morgan fingerprint density at radius 3 is 2.68 bits per heavy atom. The molecule has 7 nitrogen and oxygen atoms in total. The Bertz CT molecular complexity index is 865. The van der Waals surface area contributed by atoms with Crippen LogP contribution in [0, 0.1) is 5.92 Å². The van der Waals surface area contributed by atoms with Gasteiger partial charge in [0.25, 0.3) is 0 Å². The first-order chi connectivity index (χ1) is 11.6. The number of fused-ring (bicyclic) bond motifs is 1. The van der Waals surface area contributed by atoms with Crippen LogP contribution in [0.1, 0.15) is 30.7 Å². The van der Waals surface area contributed by atoms with Gasteiger partial charge in [-0.2, -0.15) is 13.2 Å². The van der Waals surface area contributed by atoms with Crippen LogP contribution < -0.4 is 10.5 Å². The lowest BCUT2D eigenvalue weighted by Gasteiger charge is -2.11. The standard InChI is InChI=1S/C14H18F3N5O2S/c15-14(16,17)10-2-4-12-20-21-13(22(12)7-10)6-19-25(23,24)8-9-1-3-11(18)5-9/h2,4,7,9,11,19H,1,3,5-6,8,18H2/t9-,11+/m0/s1. The lowest BCUT2D eigenvalue weighted by atomic mass is 10.1. The minimum Gasteiger partial charge on any atom is -0.328 e. The molecule has 0 spiro atoms. The molecule has 0 aliphatic heterocycles. The maximum Gasteiger partial charge on any atom is 0.417 e. The Balaban J connectivity index is 1.72. The van der Waals surface area contributed by atoms with E-state index >= 15 is 0 Å². The van der Waals surface area contributed by atoms with Crippen molar-refractivity contribution in [1.82, 2.24) is 19.3 Å². The van der Waals surface area contributed by atoms with E-state index in [1.807, 2.05) is 0 Å². The minimum absolute atomic E-state index is 0.000485. The molecule has 2 heterocycles. The lowest BCUT2D eigenvalue weighted by molar-refractivity contribution is -0.137. The monoisotopic (exact) mass is 377 g/mol. The minimum atomic E-state index is -4.50. The first kappa shape index (κ1) is 18.1. The first-order valence-electron chi connectivity index (χ1n) is 7.78. The fourth-order valence-corrected chi connectivity index (χ4v) is 4.43. The quantitative estimate of drug-likeness (QED) is 0.818. The molecule has 138 valence electrons. The molecule has 0 saturated heterocycles. The van der Waals surface area contributed by atoms with E-state index in [2.05, 4.69) is 14.9 Å². The van der Waals surface area contributed by atoms with E-state index in [-0.39, 0.29) is 35.7 Å². The van der Waals surface area contributed by atoms with Gasteiger partial charge < -0.3 is 5.73 Å². The molecule has 25 heavy (non-hydrogen) atoms. The number of alkyl halides is 3. The maximum atomic E-state index is 12.8. The summed E-state index contributed by atoms with van der Waals surface area (Å²) in [7, 11) is -3.58. The van der Waals surface area contributed by atoms with Crippen molar-refractivity contribution in [3.63, 3.8) is 0 Å². The summed E-state index contributed by atoms with van der Waals surface area (Å²) in [6.45, 7) is -0.233. The SMILES string of the molecule is N[C@@H]1CC[C@H](CS(=O)(=O)NCc2nnc3ccc(C(F)(F)F)cn23)C1. The van der Waals surface area contributed by atoms with E-state index in [1.165, 1.54) is 6.07 Å². The molecule has 2 atom stereocenters. The van der Waals surface area contributed by atoms with Crippen LogP contribution in [0.2, 0.25) is 0 Å². The van der Waals surface area contributed by atoms with Crippen LogP contribution in [0.4, 0.5) is 13.2 Å². The number of nitrogens with zero attached hydrogens (tertiary/aromatic N) is 3. The summed E-state index contributed by atoms with van der Waals surface area (Å²) in [5, 5.41) is 7.51. The van der Waals surface area contributed by atoms with E-state index in [9.17, 15) is 21.6 Å². The smallest absolute Gasteiger partial charge is 0.328 e. The van der Waals surface area contributed by atoms with Crippen LogP contribution >= 0.6 is 0 Å². The molecule has 11 heteroatoms. The molecule has 3 rings (SSSR count). The molecule has 0 aromatic carbocycles. The van der Waals surface area contributed by atoms with Gasteiger partial charge >= 0.3 is 6.18 Å². The average Bonchev–Trinajstić information content (AvgIpc) is 3.09. The molecule has 2 aromatic rings. The average molecular weight is 377 g/mol. The van der Waals surface area contributed by atoms with Crippen molar-refractivity contribution in [3.05, 3.63) is 29.7 Å². The van der Waals surface area contributed by atoms with E-state index < -0.39 is 21.8 Å². The molecule has 1 saturated carbocycles. The largest absolute Gasteiger partial charge is 0.417 e. The number of sulfonamides is 1. The van der Waals surface area contributed by atoms with Crippen LogP contribution in [-0.2, 0) is 22.7 Å². The van der Waals surface area contributed by atoms with Gasteiger partial charge in [-0.3, -0.25) is 4.40 Å². The van der Waals surface area contributed by atoms with Gasteiger partial charge in [-0.25, -0.2) is 13.1 Å². The maximum absolute atomic E-state index is 12.8. The van der Waals surface area contributed by atoms with Gasteiger partial charge in [-0.05, 0) is 37.3 Å². The second-order valence-electron chi connectivity index (χ2n) is 6.30. The van der Waals surface area contributed by atoms with Gasteiger partial charge in [0.15, 0.2) is 11.5 Å². The second kappa shape index (κ2) is 6.54. The highest BCUT2D eigenvalue weighted by molar-refractivity contribution is 7.89. The van der Waals surface area contributed by atoms with Gasteiger partial charge in [0.1, 0.15) is 0 Å². The third-order valence-corrected chi connectivity index (χ3v) is 5.78. The van der Waals surface area contributed by atoms with Gasteiger partial charge in [0.2, 0.25) is 10.0 Å². The number of rotatable bonds is 5. The number of hydrogen-bond donors (Lipinski definition) is 2. The number of nitrogens with one attached hydrogen (secondary N) is 1. The summed E-state index contributed by atoms with van der Waals surface area (Å²) in [4.78, 5) is 0. The highest BCUT2D eigenvalue weighted by Gasteiger charge is 2.31. The first-order valence-corrected chi connectivity index (χ1v) is 9.43. The summed E-state index contributed by atoms with van der Waals surface area (Å²) in [5.74, 6) is 0.0397. The highest BCUT2D eigenvalue weighted by atomic mass is 32.2. The van der Waals surface area contributed by atoms with Gasteiger partial charge in [-0.15, -0.1) is 10.2 Å². The molecular formula is C14H18F3N5O2S. The van der Waals surface area contributed by atoms with Crippen LogP contribution in [0.15, 0.2) is 18.3 Å². The van der Waals surface area contributed by atoms with Gasteiger partial charge in [0, 0.05) is 12.2 Å². The third-order valence-electron chi connectivity index (χ3n) is 4.29. The van der Waals surface area contributed by atoms with E-state index in [1.54, 1.807) is 0 Å². The zero-order chi connectivity index (χ0) is 18.2. The Kier molecular flexibility index (Phi) is 4.73. The molecule has 1 aliphatic carbocycles. The van der Waals surface area contributed by atoms with Crippen molar-refractivity contribution in [2.75, 3.05) is 5.75 Å². The van der Waals surface area contributed by atoms with Crippen molar-refractivity contribution in [1.29, 1.82) is 0 Å². The van der Waals surface area contributed by atoms with E-state index in [4.69, 9.17) is 5.73 Å². The number of nitrogens with two attached hydrogens (primary N) is 1. The molecule has 1 aliphatic rings. The summed E-state index contributed by atoms with van der Waals surface area (Å²) in [5.41, 5.74) is 5.13. The predicted molar refractivity (Wildman–Crippen MR) is 83.9 cm³/mol. The fourth-order valence-electron chi connectivity index (χ4n) is 3.04. The molecule has 0 bridgehead atoms. The molecule has 2 aromatic heterocycles. The second-order valence-corrected chi connectivity index (χ2v) is 8.15. The Morgan fingerprint density at radius 2 is 2.04 bits per heavy atom. The molecule has 0 radical (unpaired) electrons. The fraction of sp³-hybridized carbons (Fsp3) is 0.571. The van der Waals surface area contributed by atoms with Crippen molar-refractivity contribution in [3.8, 4) is 0 Å². The highest BCUT2D eigenvalue weighted by Crippen LogP contribution is 2.29. The summed E-state index contributed by atoms with van der Waals surface area (Å²) < 4.78 is 66.3. The normalized spacial score (nSPS) is 21.9. The predicted octanol–water partition coefficient (Wildman–Crippen LogP) is 1.29. The Hall–Kier alpha value is -1.72. The lowest BCUT2D eigenvalue weighted by Crippen LogP contribution is -2.30. The number of pyridine rings is 1. The molecule has 0 unspecified atom stereocenters. The zero-order valence-electron chi connectivity index (χ0n) is 13.2. The Labute approximate surface area is 142 Å². The summed E-state index contributed by atoms with van der Waals surface area (Å²) in [6, 6.07) is 2.12. The topological polar surface area (TPSA) is 102 Å². The van der Waals surface area contributed by atoms with Crippen LogP contribution in [0.25, 0.3) is 5.65 Å². The molecule has 1 fully saturated rings.